The summed E-state index contributed by atoms with van der Waals surface area (Å²) < 4.78 is 22.9. The number of imidazole rings is 1. The van der Waals surface area contributed by atoms with Crippen molar-refractivity contribution in [3.8, 4) is 6.07 Å². The monoisotopic (exact) mass is 1520 g/mol. The maximum atomic E-state index is 12.0. The van der Waals surface area contributed by atoms with Crippen LogP contribution in [0.5, 0.6) is 0 Å². The number of carbonyl (C=O) groups excluding carboxylic acids is 6. The van der Waals surface area contributed by atoms with E-state index in [-0.39, 0.29) is 73.6 Å². The van der Waals surface area contributed by atoms with Crippen molar-refractivity contribution < 1.29 is 107 Å². The van der Waals surface area contributed by atoms with Crippen LogP contribution in [-0.4, -0.2) is 124 Å². The van der Waals surface area contributed by atoms with Crippen molar-refractivity contribution in [3.05, 3.63) is 286 Å². The van der Waals surface area contributed by atoms with Crippen molar-refractivity contribution in [1.29, 1.82) is 10.5 Å². The average Bonchev–Trinajstić information content (AvgIpc) is 1.69. The number of hydrogen-bond acceptors (Lipinski definition) is 22. The Morgan fingerprint density at radius 1 is 0.509 bits per heavy atom. The number of rotatable bonds is 14. The average molecular weight is 1520 g/mol. The first-order chi connectivity index (χ1) is 49.9. The molecule has 2 heterocycles. The van der Waals surface area contributed by atoms with Crippen LogP contribution in [0.3, 0.4) is 0 Å². The second kappa shape index (κ2) is 50.6. The van der Waals surface area contributed by atoms with Gasteiger partial charge in [-0.05, 0) is 142 Å². The molecule has 0 atom stereocenters. The molecule has 9 aromatic carbocycles. The number of H-pyrrole nitrogens is 1. The van der Waals surface area contributed by atoms with Gasteiger partial charge in [-0.1, -0.05) is 137 Å². The van der Waals surface area contributed by atoms with Crippen LogP contribution in [0.1, 0.15) is 99.8 Å². The number of nitrogens with two attached hydrogens (primary N) is 3. The molecule has 106 heavy (non-hydrogen) atoms. The van der Waals surface area contributed by atoms with Gasteiger partial charge in [0.05, 0.1) is 122 Å². The van der Waals surface area contributed by atoms with E-state index in [4.69, 9.17) is 54.5 Å². The van der Waals surface area contributed by atoms with E-state index < -0.39 is 23.9 Å². The van der Waals surface area contributed by atoms with Gasteiger partial charge in [0.2, 0.25) is 5.91 Å². The van der Waals surface area contributed by atoms with Crippen molar-refractivity contribution in [2.45, 2.75) is 45.4 Å². The number of benzene rings is 9. The SMILES string of the molecule is C.CC(=O)O.COC(=O)c1ccc(CBr)cc1.COC(=O)c1ccc(CC#N)cc1.COC(=O)c1ccc(CC(=O)Nc2ccccc2N)cc1.COC(=O)c1ccc(CC(=O)O)cc1.COC(=O)c1ccc(Cc2nc3ccccc3[nH]2)cc1.Nc1ccccc1N.On1nnc2ccccc21.[C-]#N.[Na+]. The van der Waals surface area contributed by atoms with Crippen molar-refractivity contribution in [3.63, 3.8) is 0 Å². The van der Waals surface area contributed by atoms with Crippen molar-refractivity contribution in [1.82, 2.24) is 25.1 Å². The number of para-hydroxylation sites is 7. The summed E-state index contributed by atoms with van der Waals surface area (Å²) in [6.45, 7) is 5.83. The number of fused-ring (bicyclic) bond motifs is 2. The predicted octanol–water partition coefficient (Wildman–Crippen LogP) is 9.53. The number of aromatic amines is 1. The van der Waals surface area contributed by atoms with E-state index in [1.165, 1.54) is 35.5 Å². The largest absolute Gasteiger partial charge is 1.00 e. The minimum Gasteiger partial charge on any atom is -0.512 e. The number of nitrogen functional groups attached to an aromatic ring is 3. The quantitative estimate of drug-likeness (QED) is 0.00954. The van der Waals surface area contributed by atoms with Gasteiger partial charge in [0.25, 0.3) is 5.97 Å². The molecule has 0 saturated heterocycles. The molecule has 0 aliphatic heterocycles. The molecule has 11 rings (SSSR count). The van der Waals surface area contributed by atoms with Crippen LogP contribution in [0.2, 0.25) is 0 Å². The molecule has 1 amide bonds. The topological polar surface area (TPSA) is 440 Å². The van der Waals surface area contributed by atoms with Crippen molar-refractivity contribution >= 4 is 108 Å². The van der Waals surface area contributed by atoms with Crippen LogP contribution >= 0.6 is 15.9 Å². The van der Waals surface area contributed by atoms with Gasteiger partial charge in [0, 0.05) is 18.7 Å². The molecule has 2 aromatic heterocycles. The molecule has 0 fully saturated rings. The van der Waals surface area contributed by atoms with E-state index in [0.717, 1.165) is 56.2 Å². The van der Waals surface area contributed by atoms with Gasteiger partial charge >= 0.3 is 65.4 Å². The number of halogens is 1. The number of alkyl halides is 1. The fraction of sp³-hybridized carbons (Fsp3) is 0.156. The van der Waals surface area contributed by atoms with Gasteiger partial charge in [-0.2, -0.15) is 5.26 Å². The van der Waals surface area contributed by atoms with Crippen LogP contribution in [-0.2, 0) is 69.1 Å². The van der Waals surface area contributed by atoms with Crippen LogP contribution < -0.4 is 52.1 Å². The van der Waals surface area contributed by atoms with Gasteiger partial charge < -0.3 is 78.4 Å². The molecule has 0 radical (unpaired) electrons. The number of carbonyl (C=O) groups is 8. The number of nitrogens with zero attached hydrogens (tertiary/aromatic N) is 6. The first kappa shape index (κ1) is 91.3. The maximum absolute atomic E-state index is 12.0. The number of aromatic nitrogens is 5. The summed E-state index contributed by atoms with van der Waals surface area (Å²) in [5, 5.41) is 50.2. The molecular weight excluding hydrogens is 1440 g/mol. The fourth-order valence-corrected chi connectivity index (χ4v) is 8.63. The zero-order chi connectivity index (χ0) is 76.9. The summed E-state index contributed by atoms with van der Waals surface area (Å²) in [6, 6.07) is 65.9. The molecule has 546 valence electrons. The molecule has 0 aliphatic rings. The molecule has 0 spiro atoms. The first-order valence-corrected chi connectivity index (χ1v) is 31.7. The normalized spacial score (nSPS) is 9.32. The number of nitriles is 1. The standard InChI is InChI=1S/C16H16N2O3.C16H14N2O2.C10H9NO2.C10H10O4.C9H9BrO2.C6H5N3O.C6H8N2.C2H4O2.CN.CH4.Na/c1-21-16(20)12-8-6-11(7-9-12)10-15(19)18-14-5-3-2-4-13(14)17;1-20-16(19)12-8-6-11(7-9-12)10-15-17-13-4-2-3-5-14(13)18-15;1-13-10(12)9-4-2-8(3-5-9)6-7-11;1-14-10(13)8-4-2-7(3-5-8)6-9(11)12;1-12-9(11)8-4-2-7(6-10)3-5-8;10-9-6-4-2-1-3-5(6)7-8-9;7-5-3-1-2-4-6(5)8;1-2(3)4;1-2;;/h2-9H,10,17H2,1H3,(H,18,19);2-9H,10H2,1H3,(H,17,18);2-5H,6H2,1H3;2-5H,6H2,1H3,(H,11,12);2-5H,6H2,1H3;1-4,10H;1-4H,7-8H2;1H3,(H,3,4);;1H4;/q;;;;;;;;-1;;+1. The van der Waals surface area contributed by atoms with E-state index in [0.29, 0.717) is 80.0 Å². The number of methoxy groups -OCH3 is 5. The Balaban J connectivity index is 0.000000620. The summed E-state index contributed by atoms with van der Waals surface area (Å²) >= 11 is 3.32. The third-order valence-electron chi connectivity index (χ3n) is 13.4. The van der Waals surface area contributed by atoms with Crippen LogP contribution in [0, 0.1) is 23.2 Å². The first-order valence-electron chi connectivity index (χ1n) is 30.6. The summed E-state index contributed by atoms with van der Waals surface area (Å²) in [5.41, 5.74) is 29.4. The zero-order valence-corrected chi connectivity index (χ0v) is 61.8. The number of carboxylic acid groups (broad SMARTS) is 2. The predicted molar refractivity (Wildman–Crippen MR) is 399 cm³/mol. The minimum atomic E-state index is -0.893. The number of nitrogens with one attached hydrogen (secondary N) is 2. The van der Waals surface area contributed by atoms with Crippen LogP contribution in [0.15, 0.2) is 218 Å². The Morgan fingerprint density at radius 3 is 1.23 bits per heavy atom. The fourth-order valence-electron chi connectivity index (χ4n) is 8.26. The van der Waals surface area contributed by atoms with Crippen molar-refractivity contribution in [2.24, 2.45) is 0 Å². The van der Waals surface area contributed by atoms with Gasteiger partial charge in [0.1, 0.15) is 16.9 Å². The van der Waals surface area contributed by atoms with Crippen LogP contribution in [0.4, 0.5) is 22.7 Å². The summed E-state index contributed by atoms with van der Waals surface area (Å²) in [5.74, 6) is -2.78. The summed E-state index contributed by atoms with van der Waals surface area (Å²) in [4.78, 5) is 95.5. The Bertz CT molecular complexity index is 4550. The molecule has 0 unspecified atom stereocenters. The van der Waals surface area contributed by atoms with Gasteiger partial charge in [-0.15, -0.1) is 5.10 Å². The number of anilines is 4. The molecule has 0 saturated carbocycles. The summed E-state index contributed by atoms with van der Waals surface area (Å²) in [6.07, 6.45) is 1.23. The summed E-state index contributed by atoms with van der Waals surface area (Å²) in [7, 11) is 6.72. The molecule has 0 bridgehead atoms. The van der Waals surface area contributed by atoms with E-state index in [9.17, 15) is 33.6 Å². The second-order valence-corrected chi connectivity index (χ2v) is 21.3. The third kappa shape index (κ3) is 33.4. The smallest absolute Gasteiger partial charge is 0.512 e. The number of ether oxygens (including phenoxy) is 5. The van der Waals surface area contributed by atoms with E-state index in [1.54, 1.807) is 146 Å². The number of esters is 5. The number of hydrogen-bond donors (Lipinski definition) is 8. The van der Waals surface area contributed by atoms with E-state index >= 15 is 0 Å². The Labute approximate surface area is 642 Å². The minimum absolute atomic E-state index is 0. The maximum Gasteiger partial charge on any atom is 1.00 e. The molecule has 27 nitrogen and oxygen atoms in total. The molecular formula is C77H79BrN11NaO16. The number of aliphatic carboxylic acids is 2. The zero-order valence-electron chi connectivity index (χ0n) is 58.3. The molecule has 29 heteroatoms. The molecule has 11 aromatic rings. The van der Waals surface area contributed by atoms with Gasteiger partial charge in [0.15, 0.2) is 0 Å². The Kier molecular flexibility index (Phi) is 43.6. The number of amides is 1. The molecule has 0 aliphatic carbocycles. The van der Waals surface area contributed by atoms with Gasteiger partial charge in [-0.3, -0.25) is 14.4 Å². The Morgan fingerprint density at radius 2 is 0.858 bits per heavy atom. The number of carboxylic acids is 2. The van der Waals surface area contributed by atoms with E-state index in [2.05, 4.69) is 65.2 Å². The second-order valence-electron chi connectivity index (χ2n) is 20.8. The van der Waals surface area contributed by atoms with Crippen LogP contribution in [0.25, 0.3) is 22.1 Å². The Hall–Kier alpha value is -12.7. The van der Waals surface area contributed by atoms with Gasteiger partial charge in [-0.25, -0.2) is 29.0 Å². The third-order valence-corrected chi connectivity index (χ3v) is 14.1. The molecule has 11 N–H and O–H groups in total. The van der Waals surface area contributed by atoms with Crippen molar-refractivity contribution in [2.75, 3.05) is 58.1 Å². The van der Waals surface area contributed by atoms with E-state index in [1.807, 2.05) is 78.9 Å².